The van der Waals surface area contributed by atoms with E-state index in [4.69, 9.17) is 4.74 Å². The smallest absolute Gasteiger partial charge is 0.320 e. The highest BCUT2D eigenvalue weighted by atomic mass is 16.5. The molecule has 0 aliphatic carbocycles. The summed E-state index contributed by atoms with van der Waals surface area (Å²) < 4.78 is 7.42. The number of rotatable bonds is 4. The van der Waals surface area contributed by atoms with Crippen molar-refractivity contribution in [1.29, 1.82) is 0 Å². The Hall–Kier alpha value is -2.38. The average Bonchev–Trinajstić information content (AvgIpc) is 3.29. The number of carbonyl (C=O) groups is 1. The predicted octanol–water partition coefficient (Wildman–Crippen LogP) is 2.56. The SMILES string of the molecule is Cc1cc(NC(=O)N[C@H]2COC[C@@H]2N2CCCCC2)n(-c2ccccc2)n1. The van der Waals surface area contributed by atoms with E-state index in [2.05, 4.69) is 20.6 Å². The van der Waals surface area contributed by atoms with Crippen LogP contribution in [0.4, 0.5) is 10.6 Å². The molecule has 0 unspecified atom stereocenters. The van der Waals surface area contributed by atoms with Crippen LogP contribution >= 0.6 is 0 Å². The van der Waals surface area contributed by atoms with E-state index >= 15 is 0 Å². The van der Waals surface area contributed by atoms with E-state index < -0.39 is 0 Å². The molecule has 2 fully saturated rings. The summed E-state index contributed by atoms with van der Waals surface area (Å²) in [6.07, 6.45) is 3.75. The second-order valence-electron chi connectivity index (χ2n) is 7.32. The van der Waals surface area contributed by atoms with E-state index in [1.807, 2.05) is 43.3 Å². The van der Waals surface area contributed by atoms with Gasteiger partial charge in [-0.1, -0.05) is 24.6 Å². The molecule has 1 aromatic heterocycles. The van der Waals surface area contributed by atoms with Crippen molar-refractivity contribution in [2.24, 2.45) is 0 Å². The minimum Gasteiger partial charge on any atom is -0.378 e. The van der Waals surface area contributed by atoms with Gasteiger partial charge in [-0.15, -0.1) is 0 Å². The van der Waals surface area contributed by atoms with Crippen LogP contribution in [-0.4, -0.2) is 59.1 Å². The van der Waals surface area contributed by atoms with Crippen LogP contribution in [0, 0.1) is 6.92 Å². The predicted molar refractivity (Wildman–Crippen MR) is 104 cm³/mol. The summed E-state index contributed by atoms with van der Waals surface area (Å²) in [4.78, 5) is 15.1. The van der Waals surface area contributed by atoms with Crippen LogP contribution in [0.5, 0.6) is 0 Å². The first-order chi connectivity index (χ1) is 13.2. The van der Waals surface area contributed by atoms with Gasteiger partial charge in [-0.25, -0.2) is 9.48 Å². The van der Waals surface area contributed by atoms with Gasteiger partial charge in [0, 0.05) is 6.07 Å². The summed E-state index contributed by atoms with van der Waals surface area (Å²) in [5.74, 6) is 0.657. The van der Waals surface area contributed by atoms with E-state index in [1.165, 1.54) is 19.3 Å². The minimum absolute atomic E-state index is 0.0114. The van der Waals surface area contributed by atoms with E-state index in [0.29, 0.717) is 19.0 Å². The number of hydrogen-bond donors (Lipinski definition) is 2. The monoisotopic (exact) mass is 369 g/mol. The number of nitrogens with zero attached hydrogens (tertiary/aromatic N) is 3. The quantitative estimate of drug-likeness (QED) is 0.869. The molecule has 2 saturated heterocycles. The van der Waals surface area contributed by atoms with Crippen LogP contribution < -0.4 is 10.6 Å². The Balaban J connectivity index is 1.42. The number of aromatic nitrogens is 2. The number of ether oxygens (including phenoxy) is 1. The fourth-order valence-electron chi connectivity index (χ4n) is 3.97. The fraction of sp³-hybridized carbons (Fsp3) is 0.500. The maximum absolute atomic E-state index is 12.7. The highest BCUT2D eigenvalue weighted by Crippen LogP contribution is 2.20. The van der Waals surface area contributed by atoms with Crippen LogP contribution in [-0.2, 0) is 4.74 Å². The van der Waals surface area contributed by atoms with Gasteiger partial charge in [-0.05, 0) is 45.0 Å². The van der Waals surface area contributed by atoms with Crippen molar-refractivity contribution in [2.45, 2.75) is 38.3 Å². The van der Waals surface area contributed by atoms with Crippen molar-refractivity contribution in [3.63, 3.8) is 0 Å². The lowest BCUT2D eigenvalue weighted by Gasteiger charge is -2.34. The third-order valence-electron chi connectivity index (χ3n) is 5.30. The molecule has 0 spiro atoms. The van der Waals surface area contributed by atoms with Gasteiger partial charge in [-0.2, -0.15) is 5.10 Å². The topological polar surface area (TPSA) is 71.4 Å². The molecule has 0 radical (unpaired) electrons. The number of amides is 2. The molecule has 2 aliphatic rings. The summed E-state index contributed by atoms with van der Waals surface area (Å²) in [6.45, 7) is 5.35. The first kappa shape index (κ1) is 18.0. The third-order valence-corrected chi connectivity index (χ3v) is 5.30. The van der Waals surface area contributed by atoms with Crippen LogP contribution in [0.1, 0.15) is 25.0 Å². The lowest BCUT2D eigenvalue weighted by molar-refractivity contribution is 0.125. The number of likely N-dealkylation sites (tertiary alicyclic amines) is 1. The number of nitrogens with one attached hydrogen (secondary N) is 2. The molecule has 27 heavy (non-hydrogen) atoms. The number of aryl methyl sites for hydroxylation is 1. The Bertz CT molecular complexity index is 770. The van der Waals surface area contributed by atoms with Gasteiger partial charge < -0.3 is 10.1 Å². The molecule has 4 rings (SSSR count). The van der Waals surface area contributed by atoms with Crippen molar-refractivity contribution in [1.82, 2.24) is 20.0 Å². The lowest BCUT2D eigenvalue weighted by Crippen LogP contribution is -2.53. The zero-order chi connectivity index (χ0) is 18.6. The molecule has 0 saturated carbocycles. The summed E-state index contributed by atoms with van der Waals surface area (Å²) in [7, 11) is 0. The molecule has 1 aromatic carbocycles. The average molecular weight is 369 g/mol. The third kappa shape index (κ3) is 4.14. The van der Waals surface area contributed by atoms with Gasteiger partial charge in [0.25, 0.3) is 0 Å². The molecular weight excluding hydrogens is 342 g/mol. The molecule has 2 aliphatic heterocycles. The lowest BCUT2D eigenvalue weighted by atomic mass is 10.1. The highest BCUT2D eigenvalue weighted by molar-refractivity contribution is 5.89. The number of benzene rings is 1. The molecule has 144 valence electrons. The van der Waals surface area contributed by atoms with Crippen molar-refractivity contribution < 1.29 is 9.53 Å². The Morgan fingerprint density at radius 2 is 1.93 bits per heavy atom. The summed E-state index contributed by atoms with van der Waals surface area (Å²) in [6, 6.07) is 11.7. The summed E-state index contributed by atoms with van der Waals surface area (Å²) in [5, 5.41) is 10.6. The normalized spacial score (nSPS) is 23.3. The van der Waals surface area contributed by atoms with E-state index in [-0.39, 0.29) is 18.1 Å². The van der Waals surface area contributed by atoms with Gasteiger partial charge in [0.2, 0.25) is 0 Å². The molecule has 2 aromatic rings. The number of hydrogen-bond acceptors (Lipinski definition) is 4. The molecular formula is C20H27N5O2. The Morgan fingerprint density at radius 3 is 2.70 bits per heavy atom. The molecule has 2 atom stereocenters. The zero-order valence-electron chi connectivity index (χ0n) is 15.7. The molecule has 0 bridgehead atoms. The van der Waals surface area contributed by atoms with Gasteiger partial charge in [0.15, 0.2) is 0 Å². The standard InChI is InChI=1S/C20H27N5O2/c1-15-12-19(25(23-15)16-8-4-2-5-9-16)22-20(26)21-17-13-27-14-18(17)24-10-6-3-7-11-24/h2,4-5,8-9,12,17-18H,3,6-7,10-11,13-14H2,1H3,(H2,21,22,26)/t17-,18-/m0/s1. The first-order valence-corrected chi connectivity index (χ1v) is 9.72. The fourth-order valence-corrected chi connectivity index (χ4v) is 3.97. The van der Waals surface area contributed by atoms with Crippen molar-refractivity contribution in [3.05, 3.63) is 42.1 Å². The molecule has 7 nitrogen and oxygen atoms in total. The number of urea groups is 1. The van der Waals surface area contributed by atoms with Gasteiger partial charge >= 0.3 is 6.03 Å². The van der Waals surface area contributed by atoms with E-state index in [1.54, 1.807) is 4.68 Å². The summed E-state index contributed by atoms with van der Waals surface area (Å²) >= 11 is 0. The number of para-hydroxylation sites is 1. The number of piperidine rings is 1. The Labute approximate surface area is 159 Å². The van der Waals surface area contributed by atoms with Crippen LogP contribution in [0.25, 0.3) is 5.69 Å². The first-order valence-electron chi connectivity index (χ1n) is 9.72. The minimum atomic E-state index is -0.218. The van der Waals surface area contributed by atoms with Crippen molar-refractivity contribution in [3.8, 4) is 5.69 Å². The molecule has 7 heteroatoms. The van der Waals surface area contributed by atoms with E-state index in [9.17, 15) is 4.79 Å². The van der Waals surface area contributed by atoms with Crippen molar-refractivity contribution in [2.75, 3.05) is 31.6 Å². The number of anilines is 1. The van der Waals surface area contributed by atoms with E-state index in [0.717, 1.165) is 24.5 Å². The Kier molecular flexibility index (Phi) is 5.40. The highest BCUT2D eigenvalue weighted by Gasteiger charge is 2.34. The molecule has 2 amide bonds. The second kappa shape index (κ2) is 8.10. The molecule has 2 N–H and O–H groups in total. The largest absolute Gasteiger partial charge is 0.378 e. The van der Waals surface area contributed by atoms with Crippen molar-refractivity contribution >= 4 is 11.8 Å². The second-order valence-corrected chi connectivity index (χ2v) is 7.32. The summed E-state index contributed by atoms with van der Waals surface area (Å²) in [5.41, 5.74) is 1.76. The maximum Gasteiger partial charge on any atom is 0.320 e. The van der Waals surface area contributed by atoms with Gasteiger partial charge in [0.1, 0.15) is 5.82 Å². The van der Waals surface area contributed by atoms with Gasteiger partial charge in [0.05, 0.1) is 36.7 Å². The maximum atomic E-state index is 12.7. The number of carbonyl (C=O) groups excluding carboxylic acids is 1. The Morgan fingerprint density at radius 1 is 1.15 bits per heavy atom. The zero-order valence-corrected chi connectivity index (χ0v) is 15.7. The van der Waals surface area contributed by atoms with Gasteiger partial charge in [-0.3, -0.25) is 10.2 Å². The molecule has 3 heterocycles. The van der Waals surface area contributed by atoms with Crippen LogP contribution in [0.3, 0.4) is 0 Å². The van der Waals surface area contributed by atoms with Crippen LogP contribution in [0.15, 0.2) is 36.4 Å². The van der Waals surface area contributed by atoms with Crippen LogP contribution in [0.2, 0.25) is 0 Å².